The van der Waals surface area contributed by atoms with Crippen molar-refractivity contribution in [3.63, 3.8) is 0 Å². The molecule has 4 heteroatoms. The van der Waals surface area contributed by atoms with Crippen molar-refractivity contribution in [1.82, 2.24) is 0 Å². The Balaban J connectivity index is 2.23. The van der Waals surface area contributed by atoms with Crippen LogP contribution < -0.4 is 10.1 Å². The molecular weight excluding hydrogens is 267 g/mol. The van der Waals surface area contributed by atoms with Crippen LogP contribution in [0.4, 0.5) is 15.8 Å². The van der Waals surface area contributed by atoms with Crippen LogP contribution in [0.3, 0.4) is 0 Å². The van der Waals surface area contributed by atoms with Crippen molar-refractivity contribution in [3.8, 4) is 11.8 Å². The molecule has 0 spiro atoms. The van der Waals surface area contributed by atoms with Gasteiger partial charge in [0.25, 0.3) is 0 Å². The van der Waals surface area contributed by atoms with E-state index in [-0.39, 0.29) is 11.7 Å². The third-order valence-electron chi connectivity index (χ3n) is 3.15. The number of benzene rings is 2. The van der Waals surface area contributed by atoms with Crippen LogP contribution in [-0.2, 0) is 0 Å². The van der Waals surface area contributed by atoms with Gasteiger partial charge in [-0.25, -0.2) is 4.39 Å². The van der Waals surface area contributed by atoms with Crippen LogP contribution in [-0.4, -0.2) is 6.10 Å². The van der Waals surface area contributed by atoms with E-state index in [0.29, 0.717) is 5.69 Å². The zero-order valence-corrected chi connectivity index (χ0v) is 12.1. The van der Waals surface area contributed by atoms with Crippen LogP contribution >= 0.6 is 0 Å². The standard InChI is InChI=1S/C17H17FN2O/c1-3-12(2)21-14-7-4-6-13(10-14)20-17-9-5-8-16(18)15(17)11-19/h4-10,12,20H,3H2,1-2H3. The van der Waals surface area contributed by atoms with Gasteiger partial charge in [0.15, 0.2) is 0 Å². The molecule has 2 aromatic carbocycles. The van der Waals surface area contributed by atoms with Crippen LogP contribution in [0.1, 0.15) is 25.8 Å². The molecule has 0 saturated carbocycles. The van der Waals surface area contributed by atoms with E-state index in [4.69, 9.17) is 10.00 Å². The van der Waals surface area contributed by atoms with E-state index in [1.165, 1.54) is 6.07 Å². The second-order valence-electron chi connectivity index (χ2n) is 4.76. The predicted molar refractivity (Wildman–Crippen MR) is 81.2 cm³/mol. The Hall–Kier alpha value is -2.54. The second kappa shape index (κ2) is 6.76. The minimum Gasteiger partial charge on any atom is -0.491 e. The molecule has 2 aromatic rings. The molecule has 0 aliphatic rings. The number of nitriles is 1. The summed E-state index contributed by atoms with van der Waals surface area (Å²) in [4.78, 5) is 0. The Morgan fingerprint density at radius 2 is 2.05 bits per heavy atom. The smallest absolute Gasteiger partial charge is 0.143 e. The van der Waals surface area contributed by atoms with Gasteiger partial charge in [-0.3, -0.25) is 0 Å². The van der Waals surface area contributed by atoms with Crippen LogP contribution in [0.2, 0.25) is 0 Å². The van der Waals surface area contributed by atoms with Crippen LogP contribution in [0, 0.1) is 17.1 Å². The van der Waals surface area contributed by atoms with E-state index in [2.05, 4.69) is 12.2 Å². The topological polar surface area (TPSA) is 45.0 Å². The first kappa shape index (κ1) is 14.9. The first-order valence-electron chi connectivity index (χ1n) is 6.86. The molecule has 0 heterocycles. The summed E-state index contributed by atoms with van der Waals surface area (Å²) in [7, 11) is 0. The number of hydrogen-bond acceptors (Lipinski definition) is 3. The molecule has 1 atom stereocenters. The highest BCUT2D eigenvalue weighted by Crippen LogP contribution is 2.25. The quantitative estimate of drug-likeness (QED) is 0.871. The normalized spacial score (nSPS) is 11.5. The molecule has 1 unspecified atom stereocenters. The van der Waals surface area contributed by atoms with Gasteiger partial charge in [-0.2, -0.15) is 5.26 Å². The minimum atomic E-state index is -0.533. The van der Waals surface area contributed by atoms with Gasteiger partial charge in [0, 0.05) is 11.8 Å². The Kier molecular flexibility index (Phi) is 4.78. The summed E-state index contributed by atoms with van der Waals surface area (Å²) in [6, 6.07) is 13.8. The third-order valence-corrected chi connectivity index (χ3v) is 3.15. The highest BCUT2D eigenvalue weighted by atomic mass is 19.1. The molecule has 0 radical (unpaired) electrons. The Morgan fingerprint density at radius 1 is 1.29 bits per heavy atom. The Labute approximate surface area is 124 Å². The van der Waals surface area contributed by atoms with Crippen molar-refractivity contribution < 1.29 is 9.13 Å². The van der Waals surface area contributed by atoms with Gasteiger partial charge < -0.3 is 10.1 Å². The van der Waals surface area contributed by atoms with Gasteiger partial charge in [0.1, 0.15) is 23.2 Å². The second-order valence-corrected chi connectivity index (χ2v) is 4.76. The predicted octanol–water partition coefficient (Wildman–Crippen LogP) is 4.62. The monoisotopic (exact) mass is 284 g/mol. The highest BCUT2D eigenvalue weighted by Gasteiger charge is 2.08. The first-order valence-corrected chi connectivity index (χ1v) is 6.86. The molecule has 0 aromatic heterocycles. The Bertz CT molecular complexity index is 664. The van der Waals surface area contributed by atoms with E-state index in [9.17, 15) is 4.39 Å². The maximum absolute atomic E-state index is 13.6. The fraction of sp³-hybridized carbons (Fsp3) is 0.235. The lowest BCUT2D eigenvalue weighted by molar-refractivity contribution is 0.217. The summed E-state index contributed by atoms with van der Waals surface area (Å²) < 4.78 is 19.3. The fourth-order valence-corrected chi connectivity index (χ4v) is 1.86. The average Bonchev–Trinajstić information content (AvgIpc) is 2.48. The summed E-state index contributed by atoms with van der Waals surface area (Å²) in [5.74, 6) is 0.207. The summed E-state index contributed by atoms with van der Waals surface area (Å²) in [5.41, 5.74) is 1.20. The summed E-state index contributed by atoms with van der Waals surface area (Å²) >= 11 is 0. The number of hydrogen-bond donors (Lipinski definition) is 1. The molecule has 0 aliphatic heterocycles. The van der Waals surface area contributed by atoms with Crippen LogP contribution in [0.5, 0.6) is 5.75 Å². The minimum absolute atomic E-state index is 0.00532. The van der Waals surface area contributed by atoms with Crippen molar-refractivity contribution in [2.24, 2.45) is 0 Å². The summed E-state index contributed by atoms with van der Waals surface area (Å²) in [6.07, 6.45) is 1.05. The summed E-state index contributed by atoms with van der Waals surface area (Å²) in [6.45, 7) is 4.05. The summed E-state index contributed by atoms with van der Waals surface area (Å²) in [5, 5.41) is 12.1. The largest absolute Gasteiger partial charge is 0.491 e. The third kappa shape index (κ3) is 3.73. The van der Waals surface area contributed by atoms with Crippen LogP contribution in [0.15, 0.2) is 42.5 Å². The van der Waals surface area contributed by atoms with E-state index in [0.717, 1.165) is 17.9 Å². The molecule has 21 heavy (non-hydrogen) atoms. The molecule has 0 amide bonds. The van der Waals surface area contributed by atoms with E-state index in [1.807, 2.05) is 37.3 Å². The van der Waals surface area contributed by atoms with Gasteiger partial charge in [0.2, 0.25) is 0 Å². The van der Waals surface area contributed by atoms with Crippen molar-refractivity contribution in [2.75, 3.05) is 5.32 Å². The van der Waals surface area contributed by atoms with Gasteiger partial charge in [-0.15, -0.1) is 0 Å². The van der Waals surface area contributed by atoms with Crippen molar-refractivity contribution in [3.05, 3.63) is 53.8 Å². The van der Waals surface area contributed by atoms with E-state index in [1.54, 1.807) is 12.1 Å². The van der Waals surface area contributed by atoms with Crippen LogP contribution in [0.25, 0.3) is 0 Å². The SMILES string of the molecule is CCC(C)Oc1cccc(Nc2cccc(F)c2C#N)c1. The van der Waals surface area contributed by atoms with Gasteiger partial charge in [-0.05, 0) is 37.6 Å². The molecule has 0 fully saturated rings. The molecule has 1 N–H and O–H groups in total. The van der Waals surface area contributed by atoms with Crippen molar-refractivity contribution >= 4 is 11.4 Å². The lowest BCUT2D eigenvalue weighted by Crippen LogP contribution is -2.09. The molecule has 3 nitrogen and oxygen atoms in total. The number of rotatable bonds is 5. The van der Waals surface area contributed by atoms with E-state index >= 15 is 0 Å². The number of halogens is 1. The Morgan fingerprint density at radius 3 is 2.76 bits per heavy atom. The molecule has 0 bridgehead atoms. The number of anilines is 2. The van der Waals surface area contributed by atoms with Crippen molar-refractivity contribution in [1.29, 1.82) is 5.26 Å². The lowest BCUT2D eigenvalue weighted by atomic mass is 10.1. The maximum atomic E-state index is 13.6. The van der Waals surface area contributed by atoms with Crippen molar-refractivity contribution in [2.45, 2.75) is 26.4 Å². The number of nitrogens with zero attached hydrogens (tertiary/aromatic N) is 1. The maximum Gasteiger partial charge on any atom is 0.143 e. The molecule has 2 rings (SSSR count). The number of nitrogens with one attached hydrogen (secondary N) is 1. The van der Waals surface area contributed by atoms with E-state index < -0.39 is 5.82 Å². The highest BCUT2D eigenvalue weighted by molar-refractivity contribution is 5.67. The molecule has 0 saturated heterocycles. The van der Waals surface area contributed by atoms with Gasteiger partial charge >= 0.3 is 0 Å². The fourth-order valence-electron chi connectivity index (χ4n) is 1.86. The van der Waals surface area contributed by atoms with Gasteiger partial charge in [0.05, 0.1) is 11.8 Å². The molecule has 0 aliphatic carbocycles. The zero-order chi connectivity index (χ0) is 15.2. The lowest BCUT2D eigenvalue weighted by Gasteiger charge is -2.14. The zero-order valence-electron chi connectivity index (χ0n) is 12.1. The molecular formula is C17H17FN2O. The average molecular weight is 284 g/mol. The number of ether oxygens (including phenoxy) is 1. The molecule has 108 valence electrons. The first-order chi connectivity index (χ1) is 10.1. The van der Waals surface area contributed by atoms with Gasteiger partial charge in [-0.1, -0.05) is 19.1 Å².